The molecule has 0 aliphatic carbocycles. The summed E-state index contributed by atoms with van der Waals surface area (Å²) < 4.78 is 6.51. The van der Waals surface area contributed by atoms with Gasteiger partial charge in [0.15, 0.2) is 0 Å². The third kappa shape index (κ3) is 3.69. The quantitative estimate of drug-likeness (QED) is 0.811. The smallest absolute Gasteiger partial charge is 0.251 e. The van der Waals surface area contributed by atoms with Gasteiger partial charge >= 0.3 is 0 Å². The zero-order valence-electron chi connectivity index (χ0n) is 18.2. The minimum atomic E-state index is -0.223. The maximum Gasteiger partial charge on any atom is 0.251 e. The molecule has 1 atom stereocenters. The number of carbonyl (C=O) groups excluding carboxylic acids is 2. The van der Waals surface area contributed by atoms with Gasteiger partial charge in [0, 0.05) is 49.8 Å². The first-order valence-electron chi connectivity index (χ1n) is 11.1. The van der Waals surface area contributed by atoms with Crippen molar-refractivity contribution in [2.45, 2.75) is 44.2 Å². The number of rotatable bonds is 2. The second kappa shape index (κ2) is 7.68. The predicted octanol–water partition coefficient (Wildman–Crippen LogP) is 3.31. The first-order chi connectivity index (χ1) is 14.9. The fraction of sp³-hybridized carbons (Fsp3) is 0.440. The maximum absolute atomic E-state index is 13.2. The molecule has 0 bridgehead atoms. The number of carbonyl (C=O) groups is 2. The van der Waals surface area contributed by atoms with Gasteiger partial charge in [-0.3, -0.25) is 9.59 Å². The summed E-state index contributed by atoms with van der Waals surface area (Å²) in [6, 6.07) is 13.6. The highest BCUT2D eigenvalue weighted by Crippen LogP contribution is 2.44. The van der Waals surface area contributed by atoms with E-state index in [9.17, 15) is 9.59 Å². The monoisotopic (exact) mass is 419 g/mol. The lowest BCUT2D eigenvalue weighted by atomic mass is 9.80. The number of fused-ring (bicyclic) bond motifs is 2. The van der Waals surface area contributed by atoms with Crippen LogP contribution < -0.4 is 15.0 Å². The van der Waals surface area contributed by atoms with Crippen molar-refractivity contribution in [3.8, 4) is 5.75 Å². The number of amides is 2. The third-order valence-electron chi connectivity index (χ3n) is 7.02. The zero-order valence-corrected chi connectivity index (χ0v) is 18.2. The van der Waals surface area contributed by atoms with Crippen LogP contribution in [0.3, 0.4) is 0 Å². The van der Waals surface area contributed by atoms with E-state index in [1.807, 2.05) is 36.4 Å². The highest BCUT2D eigenvalue weighted by molar-refractivity contribution is 5.98. The van der Waals surface area contributed by atoms with Gasteiger partial charge in [0.05, 0.1) is 6.04 Å². The summed E-state index contributed by atoms with van der Waals surface area (Å²) in [4.78, 5) is 29.1. The van der Waals surface area contributed by atoms with Gasteiger partial charge in [0.2, 0.25) is 5.91 Å². The second-order valence-corrected chi connectivity index (χ2v) is 9.12. The zero-order chi connectivity index (χ0) is 21.6. The molecule has 2 amide bonds. The van der Waals surface area contributed by atoms with Gasteiger partial charge in [-0.2, -0.15) is 0 Å². The van der Waals surface area contributed by atoms with Crippen LogP contribution in [0.15, 0.2) is 42.5 Å². The molecule has 1 N–H and O–H groups in total. The van der Waals surface area contributed by atoms with E-state index in [0.717, 1.165) is 61.3 Å². The molecule has 0 aromatic heterocycles. The Morgan fingerprint density at radius 1 is 1.10 bits per heavy atom. The van der Waals surface area contributed by atoms with Crippen molar-refractivity contribution in [3.05, 3.63) is 59.2 Å². The summed E-state index contributed by atoms with van der Waals surface area (Å²) in [5.74, 6) is 0.849. The number of nitrogens with zero attached hydrogens (tertiary/aromatic N) is 2. The average molecular weight is 420 g/mol. The molecule has 5 rings (SSSR count). The topological polar surface area (TPSA) is 61.9 Å². The number of para-hydroxylation sites is 1. The summed E-state index contributed by atoms with van der Waals surface area (Å²) in [5.41, 5.74) is 3.45. The SMILES string of the molecule is CC(=O)N1CCc2cc(C(=O)NC3CC4(CCN(C)CC4)Oc4ccccc43)ccc21. The van der Waals surface area contributed by atoms with E-state index < -0.39 is 0 Å². The van der Waals surface area contributed by atoms with Crippen molar-refractivity contribution < 1.29 is 14.3 Å². The largest absolute Gasteiger partial charge is 0.487 e. The molecule has 1 spiro atoms. The molecule has 3 aliphatic rings. The van der Waals surface area contributed by atoms with E-state index in [1.165, 1.54) is 0 Å². The van der Waals surface area contributed by atoms with Crippen LogP contribution in [0.1, 0.15) is 53.7 Å². The number of benzene rings is 2. The van der Waals surface area contributed by atoms with E-state index in [4.69, 9.17) is 4.74 Å². The standard InChI is InChI=1S/C25H29N3O3/c1-17(29)28-12-9-18-15-19(7-8-22(18)28)24(30)26-21-16-25(10-13-27(2)14-11-25)31-23-6-4-3-5-20(21)23/h3-8,15,21H,9-14,16H2,1-2H3,(H,26,30). The van der Waals surface area contributed by atoms with Crippen molar-refractivity contribution in [2.75, 3.05) is 31.6 Å². The van der Waals surface area contributed by atoms with Crippen molar-refractivity contribution in [1.29, 1.82) is 0 Å². The Bertz CT molecular complexity index is 1030. The van der Waals surface area contributed by atoms with Gasteiger partial charge in [-0.1, -0.05) is 18.2 Å². The predicted molar refractivity (Wildman–Crippen MR) is 120 cm³/mol. The van der Waals surface area contributed by atoms with Crippen molar-refractivity contribution in [3.63, 3.8) is 0 Å². The van der Waals surface area contributed by atoms with Crippen LogP contribution in [0.2, 0.25) is 0 Å². The maximum atomic E-state index is 13.2. The van der Waals surface area contributed by atoms with E-state index >= 15 is 0 Å². The lowest BCUT2D eigenvalue weighted by Crippen LogP contribution is -2.51. The molecular formula is C25H29N3O3. The number of piperidine rings is 1. The molecule has 3 heterocycles. The molecule has 1 unspecified atom stereocenters. The minimum absolute atomic E-state index is 0.0400. The highest BCUT2D eigenvalue weighted by atomic mass is 16.5. The molecule has 31 heavy (non-hydrogen) atoms. The first kappa shape index (κ1) is 20.1. The van der Waals surface area contributed by atoms with Gasteiger partial charge in [-0.15, -0.1) is 0 Å². The Labute approximate surface area is 183 Å². The summed E-state index contributed by atoms with van der Waals surface area (Å²) in [7, 11) is 2.14. The number of ether oxygens (including phenoxy) is 1. The lowest BCUT2D eigenvalue weighted by Gasteiger charge is -2.46. The average Bonchev–Trinajstić information content (AvgIpc) is 3.20. The van der Waals surface area contributed by atoms with Crippen LogP contribution in [0.5, 0.6) is 5.75 Å². The molecule has 6 nitrogen and oxygen atoms in total. The number of anilines is 1. The third-order valence-corrected chi connectivity index (χ3v) is 7.02. The van der Waals surface area contributed by atoms with Gasteiger partial charge in [-0.25, -0.2) is 0 Å². The Morgan fingerprint density at radius 3 is 2.65 bits per heavy atom. The molecule has 6 heteroatoms. The first-order valence-corrected chi connectivity index (χ1v) is 11.1. The molecule has 3 aliphatic heterocycles. The molecular weight excluding hydrogens is 390 g/mol. The van der Waals surface area contributed by atoms with Gasteiger partial charge in [0.25, 0.3) is 5.91 Å². The van der Waals surface area contributed by atoms with Gasteiger partial charge in [0.1, 0.15) is 11.4 Å². The van der Waals surface area contributed by atoms with Crippen LogP contribution in [-0.4, -0.2) is 49.0 Å². The molecule has 0 saturated carbocycles. The Kier molecular flexibility index (Phi) is 4.97. The fourth-order valence-corrected chi connectivity index (χ4v) is 5.19. The lowest BCUT2D eigenvalue weighted by molar-refractivity contribution is -0.116. The molecule has 1 saturated heterocycles. The van der Waals surface area contributed by atoms with Crippen molar-refractivity contribution in [1.82, 2.24) is 10.2 Å². The van der Waals surface area contributed by atoms with Crippen LogP contribution >= 0.6 is 0 Å². The molecule has 1 fully saturated rings. The normalized spacial score (nSPS) is 21.9. The van der Waals surface area contributed by atoms with Crippen molar-refractivity contribution >= 4 is 17.5 Å². The Hall–Kier alpha value is -2.86. The van der Waals surface area contributed by atoms with E-state index in [-0.39, 0.29) is 23.5 Å². The number of hydrogen-bond acceptors (Lipinski definition) is 4. The minimum Gasteiger partial charge on any atom is -0.487 e. The number of hydrogen-bond donors (Lipinski definition) is 1. The summed E-state index contributed by atoms with van der Waals surface area (Å²) in [6.07, 6.45) is 3.49. The molecule has 162 valence electrons. The Balaban J connectivity index is 1.39. The Morgan fingerprint density at radius 2 is 1.87 bits per heavy atom. The summed E-state index contributed by atoms with van der Waals surface area (Å²) >= 11 is 0. The fourth-order valence-electron chi connectivity index (χ4n) is 5.19. The van der Waals surface area contributed by atoms with Crippen LogP contribution in [0.4, 0.5) is 5.69 Å². The van der Waals surface area contributed by atoms with Crippen LogP contribution in [0.25, 0.3) is 0 Å². The van der Waals surface area contributed by atoms with Crippen LogP contribution in [-0.2, 0) is 11.2 Å². The number of nitrogens with one attached hydrogen (secondary N) is 1. The second-order valence-electron chi connectivity index (χ2n) is 9.12. The molecule has 2 aromatic carbocycles. The number of likely N-dealkylation sites (tertiary alicyclic amines) is 1. The van der Waals surface area contributed by atoms with Crippen LogP contribution in [0, 0.1) is 0 Å². The summed E-state index contributed by atoms with van der Waals surface area (Å²) in [5, 5.41) is 3.29. The van der Waals surface area contributed by atoms with Gasteiger partial charge in [-0.05, 0) is 56.1 Å². The molecule has 0 radical (unpaired) electrons. The van der Waals surface area contributed by atoms with Gasteiger partial charge < -0.3 is 19.9 Å². The summed E-state index contributed by atoms with van der Waals surface area (Å²) in [6.45, 7) is 4.26. The van der Waals surface area contributed by atoms with E-state index in [2.05, 4.69) is 23.3 Å². The molecule has 2 aromatic rings. The van der Waals surface area contributed by atoms with Crippen molar-refractivity contribution in [2.24, 2.45) is 0 Å². The van der Waals surface area contributed by atoms with E-state index in [1.54, 1.807) is 11.8 Å². The van der Waals surface area contributed by atoms with E-state index in [0.29, 0.717) is 12.1 Å². The highest BCUT2D eigenvalue weighted by Gasteiger charge is 2.43.